The maximum Gasteiger partial charge on any atom is 0.259 e. The molecule has 7 heteroatoms. The molecule has 0 N–H and O–H groups in total. The number of rotatable bonds is 5. The molecule has 0 saturated carbocycles. The van der Waals surface area contributed by atoms with Gasteiger partial charge in [-0.3, -0.25) is 9.78 Å². The number of ether oxygens (including phenoxy) is 2. The van der Waals surface area contributed by atoms with Crippen molar-refractivity contribution in [2.24, 2.45) is 5.92 Å². The van der Waals surface area contributed by atoms with E-state index >= 15 is 0 Å². The molecule has 1 spiro atoms. The first-order valence-electron chi connectivity index (χ1n) is 8.92. The van der Waals surface area contributed by atoms with Gasteiger partial charge >= 0.3 is 0 Å². The summed E-state index contributed by atoms with van der Waals surface area (Å²) in [6, 6.07) is 3.91. The first-order chi connectivity index (χ1) is 12.6. The van der Waals surface area contributed by atoms with Crippen LogP contribution in [-0.2, 0) is 16.1 Å². The highest BCUT2D eigenvalue weighted by atomic mass is 16.5. The number of aromatic nitrogens is 2. The summed E-state index contributed by atoms with van der Waals surface area (Å²) in [6.45, 7) is 6.67. The lowest BCUT2D eigenvalue weighted by atomic mass is 9.81. The minimum Gasteiger partial charge on any atom is -0.376 e. The first-order valence-corrected chi connectivity index (χ1v) is 8.92. The second kappa shape index (κ2) is 6.81. The fourth-order valence-electron chi connectivity index (χ4n) is 3.86. The molecule has 2 saturated heterocycles. The summed E-state index contributed by atoms with van der Waals surface area (Å²) in [5.41, 5.74) is 2.05. The summed E-state index contributed by atoms with van der Waals surface area (Å²) in [4.78, 5) is 18.5. The van der Waals surface area contributed by atoms with E-state index < -0.39 is 0 Å². The van der Waals surface area contributed by atoms with E-state index in [9.17, 15) is 4.79 Å². The third kappa shape index (κ3) is 3.01. The Hall–Kier alpha value is -2.25. The molecule has 0 unspecified atom stereocenters. The quantitative estimate of drug-likeness (QED) is 0.816. The van der Waals surface area contributed by atoms with Crippen molar-refractivity contribution in [2.75, 3.05) is 26.3 Å². The zero-order valence-corrected chi connectivity index (χ0v) is 15.1. The highest BCUT2D eigenvalue weighted by molar-refractivity contribution is 5.96. The average Bonchev–Trinajstić information content (AvgIpc) is 3.17. The largest absolute Gasteiger partial charge is 0.376 e. The molecule has 0 radical (unpaired) electrons. The van der Waals surface area contributed by atoms with E-state index in [1.165, 1.54) is 0 Å². The van der Waals surface area contributed by atoms with Gasteiger partial charge in [0.1, 0.15) is 16.9 Å². The summed E-state index contributed by atoms with van der Waals surface area (Å²) in [7, 11) is 0. The van der Waals surface area contributed by atoms with E-state index in [0.29, 0.717) is 49.2 Å². The highest BCUT2D eigenvalue weighted by Gasteiger charge is 2.54. The minimum atomic E-state index is -0.271. The van der Waals surface area contributed by atoms with Crippen molar-refractivity contribution in [3.8, 4) is 0 Å². The molecule has 1 amide bonds. The Bertz CT molecular complexity index is 764. The SMILES string of the molecule is Cc1noc(C)c1C(=O)N1CC2(C1)OCC[C@H]2COCc1ccncc1. The van der Waals surface area contributed by atoms with Crippen LogP contribution in [0.5, 0.6) is 0 Å². The lowest BCUT2D eigenvalue weighted by Gasteiger charge is -2.50. The number of amides is 1. The van der Waals surface area contributed by atoms with E-state index in [1.807, 2.05) is 17.0 Å². The van der Waals surface area contributed by atoms with Crippen molar-refractivity contribution >= 4 is 5.91 Å². The highest BCUT2D eigenvalue weighted by Crippen LogP contribution is 2.41. The zero-order chi connectivity index (χ0) is 18.1. The summed E-state index contributed by atoms with van der Waals surface area (Å²) in [5.74, 6) is 0.843. The zero-order valence-electron chi connectivity index (χ0n) is 15.1. The Morgan fingerprint density at radius 2 is 2.12 bits per heavy atom. The van der Waals surface area contributed by atoms with Crippen LogP contribution in [-0.4, -0.2) is 52.9 Å². The first kappa shape index (κ1) is 17.2. The lowest BCUT2D eigenvalue weighted by molar-refractivity contribution is -0.129. The van der Waals surface area contributed by atoms with Gasteiger partial charge in [0, 0.05) is 24.9 Å². The molecule has 4 rings (SSSR count). The predicted octanol–water partition coefficient (Wildman–Crippen LogP) is 2.13. The van der Waals surface area contributed by atoms with Crippen molar-refractivity contribution in [3.63, 3.8) is 0 Å². The van der Waals surface area contributed by atoms with Gasteiger partial charge in [-0.1, -0.05) is 5.16 Å². The van der Waals surface area contributed by atoms with Crippen molar-refractivity contribution in [1.29, 1.82) is 0 Å². The van der Waals surface area contributed by atoms with Crippen molar-refractivity contribution in [2.45, 2.75) is 32.5 Å². The molecule has 0 aliphatic carbocycles. The maximum absolute atomic E-state index is 12.7. The van der Waals surface area contributed by atoms with E-state index in [1.54, 1.807) is 26.2 Å². The summed E-state index contributed by atoms with van der Waals surface area (Å²) in [5, 5.41) is 3.87. The van der Waals surface area contributed by atoms with Crippen molar-refractivity contribution < 1.29 is 18.8 Å². The van der Waals surface area contributed by atoms with Gasteiger partial charge in [0.15, 0.2) is 0 Å². The van der Waals surface area contributed by atoms with E-state index in [0.717, 1.165) is 18.6 Å². The number of likely N-dealkylation sites (tertiary alicyclic amines) is 1. The molecule has 2 aromatic heterocycles. The number of aryl methyl sites for hydroxylation is 2. The number of nitrogens with zero attached hydrogens (tertiary/aromatic N) is 3. The summed E-state index contributed by atoms with van der Waals surface area (Å²) >= 11 is 0. The summed E-state index contributed by atoms with van der Waals surface area (Å²) < 4.78 is 17.0. The molecule has 2 aliphatic rings. The molecule has 4 heterocycles. The predicted molar refractivity (Wildman–Crippen MR) is 92.6 cm³/mol. The molecule has 2 aliphatic heterocycles. The third-order valence-corrected chi connectivity index (χ3v) is 5.39. The van der Waals surface area contributed by atoms with E-state index in [-0.39, 0.29) is 11.5 Å². The molecule has 7 nitrogen and oxygen atoms in total. The average molecular weight is 357 g/mol. The van der Waals surface area contributed by atoms with Crippen LogP contribution < -0.4 is 0 Å². The molecule has 1 atom stereocenters. The van der Waals surface area contributed by atoms with Crippen LogP contribution in [0.2, 0.25) is 0 Å². The Balaban J connectivity index is 1.34. The van der Waals surface area contributed by atoms with Gasteiger partial charge in [-0.15, -0.1) is 0 Å². The molecule has 2 aromatic rings. The fraction of sp³-hybridized carbons (Fsp3) is 0.526. The topological polar surface area (TPSA) is 77.7 Å². The van der Waals surface area contributed by atoms with Gasteiger partial charge in [0.05, 0.1) is 32.0 Å². The third-order valence-electron chi connectivity index (χ3n) is 5.39. The van der Waals surface area contributed by atoms with Gasteiger partial charge in [-0.05, 0) is 38.0 Å². The van der Waals surface area contributed by atoms with E-state index in [4.69, 9.17) is 14.0 Å². The van der Waals surface area contributed by atoms with Crippen LogP contribution in [0.15, 0.2) is 29.0 Å². The van der Waals surface area contributed by atoms with Gasteiger partial charge in [0.2, 0.25) is 0 Å². The second-order valence-electron chi connectivity index (χ2n) is 7.13. The van der Waals surface area contributed by atoms with Gasteiger partial charge in [-0.25, -0.2) is 0 Å². The van der Waals surface area contributed by atoms with Gasteiger partial charge in [-0.2, -0.15) is 0 Å². The molecule has 0 bridgehead atoms. The fourth-order valence-corrected chi connectivity index (χ4v) is 3.86. The molecule has 0 aromatic carbocycles. The smallest absolute Gasteiger partial charge is 0.259 e. The number of hydrogen-bond donors (Lipinski definition) is 0. The molecular weight excluding hydrogens is 334 g/mol. The number of pyridine rings is 1. The number of carbonyl (C=O) groups is 1. The van der Waals surface area contributed by atoms with Crippen LogP contribution in [0.1, 0.15) is 33.8 Å². The van der Waals surface area contributed by atoms with Crippen LogP contribution in [0.4, 0.5) is 0 Å². The van der Waals surface area contributed by atoms with Crippen LogP contribution >= 0.6 is 0 Å². The normalized spacial score (nSPS) is 21.2. The summed E-state index contributed by atoms with van der Waals surface area (Å²) in [6.07, 6.45) is 4.50. The lowest BCUT2D eigenvalue weighted by Crippen LogP contribution is -2.66. The van der Waals surface area contributed by atoms with Gasteiger partial charge < -0.3 is 18.9 Å². The van der Waals surface area contributed by atoms with Crippen LogP contribution in [0.3, 0.4) is 0 Å². The maximum atomic E-state index is 12.7. The van der Waals surface area contributed by atoms with E-state index in [2.05, 4.69) is 10.1 Å². The van der Waals surface area contributed by atoms with Crippen molar-refractivity contribution in [3.05, 3.63) is 47.1 Å². The number of carbonyl (C=O) groups excluding carboxylic acids is 1. The van der Waals surface area contributed by atoms with Crippen LogP contribution in [0.25, 0.3) is 0 Å². The standard InChI is InChI=1S/C19H23N3O4/c1-13-17(14(2)26-21-13)18(23)22-11-19(12-22)16(5-8-25-19)10-24-9-15-3-6-20-7-4-15/h3-4,6-7,16H,5,8-12H2,1-2H3/t16-/m0/s1. The monoisotopic (exact) mass is 357 g/mol. The molecule has 138 valence electrons. The number of hydrogen-bond acceptors (Lipinski definition) is 6. The Morgan fingerprint density at radius 3 is 2.81 bits per heavy atom. The Labute approximate surface area is 152 Å². The molecule has 26 heavy (non-hydrogen) atoms. The minimum absolute atomic E-state index is 0.0289. The Morgan fingerprint density at radius 1 is 1.35 bits per heavy atom. The van der Waals surface area contributed by atoms with Crippen LogP contribution in [0, 0.1) is 19.8 Å². The molecular formula is C19H23N3O4. The second-order valence-corrected chi connectivity index (χ2v) is 7.13. The molecule has 2 fully saturated rings. The van der Waals surface area contributed by atoms with Gasteiger partial charge in [0.25, 0.3) is 5.91 Å². The van der Waals surface area contributed by atoms with Crippen molar-refractivity contribution in [1.82, 2.24) is 15.0 Å². The Kier molecular flexibility index (Phi) is 4.50.